The SMILES string of the molecule is Cc1cccc(NC(=O)CSc2cc(SCC(=O)Nc3cccc(C)c3)sn2)c1. The molecule has 2 amide bonds. The molecule has 8 heteroatoms. The minimum absolute atomic E-state index is 0.0549. The first-order chi connectivity index (χ1) is 14.0. The van der Waals surface area contributed by atoms with Gasteiger partial charge in [-0.3, -0.25) is 9.59 Å². The molecule has 1 aromatic heterocycles. The Kier molecular flexibility index (Phi) is 7.74. The van der Waals surface area contributed by atoms with Crippen LogP contribution in [-0.2, 0) is 9.59 Å². The number of benzene rings is 2. The highest BCUT2D eigenvalue weighted by molar-refractivity contribution is 8.02. The Labute approximate surface area is 182 Å². The Hall–Kier alpha value is -2.29. The molecule has 0 aliphatic rings. The third-order valence-corrected chi connectivity index (χ3v) is 6.77. The molecule has 29 heavy (non-hydrogen) atoms. The van der Waals surface area contributed by atoms with E-state index in [-0.39, 0.29) is 17.6 Å². The Morgan fingerprint density at radius 2 is 1.41 bits per heavy atom. The van der Waals surface area contributed by atoms with Crippen LogP contribution in [0.2, 0.25) is 0 Å². The third-order valence-electron chi connectivity index (χ3n) is 3.77. The van der Waals surface area contributed by atoms with E-state index in [1.807, 2.05) is 68.4 Å². The lowest BCUT2D eigenvalue weighted by molar-refractivity contribution is -0.114. The molecular weight excluding hydrogens is 422 g/mol. The molecule has 0 aliphatic heterocycles. The number of aromatic nitrogens is 1. The van der Waals surface area contributed by atoms with Crippen molar-refractivity contribution < 1.29 is 9.59 Å². The fourth-order valence-electron chi connectivity index (χ4n) is 2.50. The van der Waals surface area contributed by atoms with Crippen LogP contribution in [0.15, 0.2) is 63.8 Å². The van der Waals surface area contributed by atoms with Gasteiger partial charge in [-0.1, -0.05) is 36.0 Å². The van der Waals surface area contributed by atoms with E-state index in [9.17, 15) is 9.59 Å². The number of thioether (sulfide) groups is 2. The lowest BCUT2D eigenvalue weighted by atomic mass is 10.2. The molecule has 0 aliphatic carbocycles. The van der Waals surface area contributed by atoms with E-state index >= 15 is 0 Å². The van der Waals surface area contributed by atoms with Gasteiger partial charge in [-0.2, -0.15) is 4.37 Å². The van der Waals surface area contributed by atoms with E-state index in [2.05, 4.69) is 15.0 Å². The maximum atomic E-state index is 12.1. The quantitative estimate of drug-likeness (QED) is 0.467. The number of nitrogens with one attached hydrogen (secondary N) is 2. The predicted octanol–water partition coefficient (Wildman–Crippen LogP) is 5.22. The molecule has 0 saturated heterocycles. The normalized spacial score (nSPS) is 10.6. The van der Waals surface area contributed by atoms with Crippen molar-refractivity contribution in [3.05, 3.63) is 65.7 Å². The third kappa shape index (κ3) is 7.23. The van der Waals surface area contributed by atoms with E-state index in [1.54, 1.807) is 0 Å². The standard InChI is InChI=1S/C21H21N3O2S3/c1-14-5-3-7-16(9-14)22-18(25)12-27-20-11-21(29-24-20)28-13-19(26)23-17-8-4-6-15(2)10-17/h3-11H,12-13H2,1-2H3,(H,22,25)(H,23,26). The first-order valence-electron chi connectivity index (χ1n) is 8.93. The predicted molar refractivity (Wildman–Crippen MR) is 123 cm³/mol. The number of carbonyl (C=O) groups is 2. The van der Waals surface area contributed by atoms with Gasteiger partial charge in [-0.25, -0.2) is 0 Å². The molecule has 0 unspecified atom stereocenters. The summed E-state index contributed by atoms with van der Waals surface area (Å²) in [7, 11) is 0. The fourth-order valence-corrected chi connectivity index (χ4v) is 4.96. The summed E-state index contributed by atoms with van der Waals surface area (Å²) in [6.45, 7) is 3.97. The summed E-state index contributed by atoms with van der Waals surface area (Å²) in [5.41, 5.74) is 3.80. The second-order valence-corrected chi connectivity index (χ2v) is 9.47. The van der Waals surface area contributed by atoms with Gasteiger partial charge in [0.25, 0.3) is 0 Å². The fraction of sp³-hybridized carbons (Fsp3) is 0.190. The van der Waals surface area contributed by atoms with Crippen molar-refractivity contribution in [2.24, 2.45) is 0 Å². The highest BCUT2D eigenvalue weighted by atomic mass is 32.2. The van der Waals surface area contributed by atoms with E-state index in [0.29, 0.717) is 5.75 Å². The molecule has 0 fully saturated rings. The van der Waals surface area contributed by atoms with Crippen LogP contribution < -0.4 is 10.6 Å². The molecule has 0 radical (unpaired) electrons. The van der Waals surface area contributed by atoms with E-state index in [4.69, 9.17) is 0 Å². The molecule has 1 heterocycles. The number of anilines is 2. The van der Waals surface area contributed by atoms with Crippen molar-refractivity contribution in [2.45, 2.75) is 23.1 Å². The van der Waals surface area contributed by atoms with E-state index in [0.717, 1.165) is 31.7 Å². The topological polar surface area (TPSA) is 71.1 Å². The number of rotatable bonds is 8. The minimum atomic E-state index is -0.0691. The zero-order chi connectivity index (χ0) is 20.6. The Morgan fingerprint density at radius 1 is 0.862 bits per heavy atom. The van der Waals surface area contributed by atoms with Gasteiger partial charge in [0.15, 0.2) is 0 Å². The molecule has 0 spiro atoms. The van der Waals surface area contributed by atoms with Gasteiger partial charge >= 0.3 is 0 Å². The number of aryl methyl sites for hydroxylation is 2. The molecule has 3 rings (SSSR count). The molecular formula is C21H21N3O2S3. The Bertz CT molecular complexity index is 926. The molecule has 2 aromatic carbocycles. The zero-order valence-corrected chi connectivity index (χ0v) is 18.5. The van der Waals surface area contributed by atoms with Crippen molar-refractivity contribution in [1.29, 1.82) is 0 Å². The summed E-state index contributed by atoms with van der Waals surface area (Å²) in [6, 6.07) is 17.3. The second kappa shape index (κ2) is 10.5. The van der Waals surface area contributed by atoms with Crippen LogP contribution in [0.4, 0.5) is 11.4 Å². The zero-order valence-electron chi connectivity index (χ0n) is 16.1. The summed E-state index contributed by atoms with van der Waals surface area (Å²) < 4.78 is 5.30. The van der Waals surface area contributed by atoms with Gasteiger partial charge in [-0.15, -0.1) is 11.8 Å². The van der Waals surface area contributed by atoms with Crippen LogP contribution in [0, 0.1) is 13.8 Å². The monoisotopic (exact) mass is 443 g/mol. The van der Waals surface area contributed by atoms with Crippen LogP contribution in [0.5, 0.6) is 0 Å². The van der Waals surface area contributed by atoms with Gasteiger partial charge in [0.2, 0.25) is 11.8 Å². The van der Waals surface area contributed by atoms with Gasteiger partial charge < -0.3 is 10.6 Å². The number of hydrogen-bond donors (Lipinski definition) is 2. The van der Waals surface area contributed by atoms with Crippen molar-refractivity contribution in [1.82, 2.24) is 4.37 Å². The van der Waals surface area contributed by atoms with Crippen molar-refractivity contribution in [3.8, 4) is 0 Å². The number of nitrogens with zero attached hydrogens (tertiary/aromatic N) is 1. The summed E-state index contributed by atoms with van der Waals surface area (Å²) in [4.78, 5) is 24.2. The molecule has 0 bridgehead atoms. The summed E-state index contributed by atoms with van der Waals surface area (Å²) in [5.74, 6) is 0.477. The lowest BCUT2D eigenvalue weighted by Gasteiger charge is -2.05. The minimum Gasteiger partial charge on any atom is -0.325 e. The number of hydrogen-bond acceptors (Lipinski definition) is 6. The van der Waals surface area contributed by atoms with Crippen molar-refractivity contribution in [3.63, 3.8) is 0 Å². The lowest BCUT2D eigenvalue weighted by Crippen LogP contribution is -2.14. The maximum Gasteiger partial charge on any atom is 0.234 e. The first-order valence-corrected chi connectivity index (χ1v) is 11.7. The molecule has 3 aromatic rings. The number of carbonyl (C=O) groups excluding carboxylic acids is 2. The molecule has 0 saturated carbocycles. The van der Waals surface area contributed by atoms with Crippen LogP contribution >= 0.6 is 35.1 Å². The molecule has 150 valence electrons. The van der Waals surface area contributed by atoms with Gasteiger partial charge in [-0.05, 0) is 66.8 Å². The molecule has 5 nitrogen and oxygen atoms in total. The van der Waals surface area contributed by atoms with Gasteiger partial charge in [0, 0.05) is 11.4 Å². The Balaban J connectivity index is 1.42. The van der Waals surface area contributed by atoms with Gasteiger partial charge in [0.1, 0.15) is 5.03 Å². The van der Waals surface area contributed by atoms with Crippen LogP contribution in [0.1, 0.15) is 11.1 Å². The first kappa shape index (κ1) is 21.4. The highest BCUT2D eigenvalue weighted by Crippen LogP contribution is 2.29. The molecule has 0 atom stereocenters. The largest absolute Gasteiger partial charge is 0.325 e. The van der Waals surface area contributed by atoms with Crippen molar-refractivity contribution >= 4 is 58.2 Å². The van der Waals surface area contributed by atoms with Crippen molar-refractivity contribution in [2.75, 3.05) is 22.1 Å². The van der Waals surface area contributed by atoms with E-state index in [1.165, 1.54) is 35.1 Å². The van der Waals surface area contributed by atoms with E-state index < -0.39 is 0 Å². The van der Waals surface area contributed by atoms with Gasteiger partial charge in [0.05, 0.1) is 15.7 Å². The van der Waals surface area contributed by atoms with Crippen LogP contribution in [0.25, 0.3) is 0 Å². The smallest absolute Gasteiger partial charge is 0.234 e. The highest BCUT2D eigenvalue weighted by Gasteiger charge is 2.10. The maximum absolute atomic E-state index is 12.1. The summed E-state index contributed by atoms with van der Waals surface area (Å²) in [6.07, 6.45) is 0. The number of amides is 2. The summed E-state index contributed by atoms with van der Waals surface area (Å²) >= 11 is 4.16. The van der Waals surface area contributed by atoms with Crippen LogP contribution in [0.3, 0.4) is 0 Å². The van der Waals surface area contributed by atoms with Crippen LogP contribution in [-0.4, -0.2) is 27.7 Å². The average Bonchev–Trinajstić information content (AvgIpc) is 3.13. The summed E-state index contributed by atoms with van der Waals surface area (Å²) in [5, 5.41) is 6.57. The molecule has 2 N–H and O–H groups in total. The average molecular weight is 444 g/mol. The Morgan fingerprint density at radius 3 is 1.97 bits per heavy atom. The second-order valence-electron chi connectivity index (χ2n) is 6.40.